The molecule has 0 bridgehead atoms. The third-order valence-electron chi connectivity index (χ3n) is 7.30. The van der Waals surface area contributed by atoms with E-state index < -0.39 is 5.97 Å². The largest absolute Gasteiger partial charge is 0.481 e. The van der Waals surface area contributed by atoms with Crippen molar-refractivity contribution in [2.45, 2.75) is 149 Å². The van der Waals surface area contributed by atoms with E-state index >= 15 is 0 Å². The van der Waals surface area contributed by atoms with Crippen molar-refractivity contribution in [3.8, 4) is 0 Å². The van der Waals surface area contributed by atoms with E-state index in [1.54, 1.807) is 0 Å². The molecule has 0 amide bonds. The Kier molecular flexibility index (Phi) is 16.8. The molecule has 0 aromatic carbocycles. The summed E-state index contributed by atoms with van der Waals surface area (Å²) in [5.74, 6) is -0.535. The molecule has 0 saturated heterocycles. The minimum Gasteiger partial charge on any atom is -0.481 e. The third-order valence-corrected chi connectivity index (χ3v) is 7.30. The Morgan fingerprint density at radius 2 is 1.12 bits per heavy atom. The number of aliphatic carboxylic acids is 1. The van der Waals surface area contributed by atoms with Crippen molar-refractivity contribution in [3.63, 3.8) is 0 Å². The summed E-state index contributed by atoms with van der Waals surface area (Å²) in [4.78, 5) is 24.2. The van der Waals surface area contributed by atoms with Crippen LogP contribution in [-0.4, -0.2) is 21.4 Å². The van der Waals surface area contributed by atoms with Crippen LogP contribution in [0.15, 0.2) is 0 Å². The molecule has 0 saturated carbocycles. The number of carboxylic acids is 1. The van der Waals surface area contributed by atoms with E-state index in [-0.39, 0.29) is 12.2 Å². The van der Waals surface area contributed by atoms with Gasteiger partial charge < -0.3 is 9.67 Å². The third kappa shape index (κ3) is 11.2. The van der Waals surface area contributed by atoms with Crippen LogP contribution in [0.25, 0.3) is 0 Å². The molecule has 0 spiro atoms. The first-order valence-corrected chi connectivity index (χ1v) is 14.4. The van der Waals surface area contributed by atoms with Gasteiger partial charge in [0.05, 0.1) is 6.42 Å². The van der Waals surface area contributed by atoms with Crippen LogP contribution in [0.4, 0.5) is 0 Å². The summed E-state index contributed by atoms with van der Waals surface area (Å²) in [5, 5.41) is 9.10. The molecule has 0 atom stereocenters. The van der Waals surface area contributed by atoms with E-state index in [9.17, 15) is 9.59 Å². The lowest BCUT2D eigenvalue weighted by Gasteiger charge is -2.07. The summed E-state index contributed by atoms with van der Waals surface area (Å²) in [5.41, 5.74) is 4.06. The Balaban J connectivity index is 2.26. The molecule has 4 heteroatoms. The van der Waals surface area contributed by atoms with Crippen LogP contribution >= 0.6 is 0 Å². The molecule has 1 rings (SSSR count). The zero-order valence-corrected chi connectivity index (χ0v) is 22.9. The van der Waals surface area contributed by atoms with E-state index in [0.29, 0.717) is 12.8 Å². The molecule has 0 aliphatic heterocycles. The number of ketones is 1. The molecule has 196 valence electrons. The number of rotatable bonds is 22. The number of carbonyl (C=O) groups is 2. The van der Waals surface area contributed by atoms with Crippen molar-refractivity contribution in [2.75, 3.05) is 0 Å². The summed E-state index contributed by atoms with van der Waals surface area (Å²) in [6, 6.07) is 0. The molecular formula is C30H53NO3. The zero-order chi connectivity index (χ0) is 25.2. The maximum Gasteiger partial charge on any atom is 0.303 e. The van der Waals surface area contributed by atoms with Crippen molar-refractivity contribution in [1.82, 2.24) is 4.57 Å². The second kappa shape index (κ2) is 18.7. The average Bonchev–Trinajstić information content (AvgIpc) is 3.10. The Morgan fingerprint density at radius 1 is 0.647 bits per heavy atom. The maximum atomic E-state index is 13.1. The molecule has 4 nitrogen and oxygen atoms in total. The fourth-order valence-electron chi connectivity index (χ4n) is 5.30. The lowest BCUT2D eigenvalue weighted by Crippen LogP contribution is -2.06. The fourth-order valence-corrected chi connectivity index (χ4v) is 5.30. The molecule has 34 heavy (non-hydrogen) atoms. The number of hydrogen-bond donors (Lipinski definition) is 1. The van der Waals surface area contributed by atoms with Gasteiger partial charge in [-0.2, -0.15) is 0 Å². The van der Waals surface area contributed by atoms with Crippen molar-refractivity contribution >= 4 is 11.8 Å². The molecule has 0 aliphatic carbocycles. The minimum atomic E-state index is -0.785. The van der Waals surface area contributed by atoms with Gasteiger partial charge in [0.25, 0.3) is 0 Å². The summed E-state index contributed by atoms with van der Waals surface area (Å²) < 4.78 is 2.08. The van der Waals surface area contributed by atoms with Gasteiger partial charge in [0, 0.05) is 30.4 Å². The van der Waals surface area contributed by atoms with Crippen LogP contribution in [0.2, 0.25) is 0 Å². The van der Waals surface area contributed by atoms with E-state index in [4.69, 9.17) is 5.11 Å². The number of carbonyl (C=O) groups excluding carboxylic acids is 1. The summed E-state index contributed by atoms with van der Waals surface area (Å²) in [6.07, 6.45) is 22.7. The van der Waals surface area contributed by atoms with Crippen molar-refractivity contribution in [3.05, 3.63) is 22.5 Å². The van der Waals surface area contributed by atoms with Crippen LogP contribution in [0.3, 0.4) is 0 Å². The van der Waals surface area contributed by atoms with Crippen molar-refractivity contribution < 1.29 is 14.7 Å². The first-order chi connectivity index (χ1) is 16.5. The Bertz CT molecular complexity index is 704. The minimum absolute atomic E-state index is 0.112. The molecule has 1 heterocycles. The summed E-state index contributed by atoms with van der Waals surface area (Å²) >= 11 is 0. The molecule has 1 aromatic rings. The molecule has 1 aromatic heterocycles. The molecule has 0 fully saturated rings. The fraction of sp³-hybridized carbons (Fsp3) is 0.800. The Labute approximate surface area is 209 Å². The second-order valence-corrected chi connectivity index (χ2v) is 10.0. The van der Waals surface area contributed by atoms with Gasteiger partial charge in [0.15, 0.2) is 5.78 Å². The predicted molar refractivity (Wildman–Crippen MR) is 144 cm³/mol. The number of nitrogens with zero attached hydrogens (tertiary/aromatic N) is 1. The SMILES string of the molecule is CCCCCCCCCCCCCCCCCC(=O)c1c(CC)c(CCC(=O)O)n(C)c1CC. The van der Waals surface area contributed by atoms with Gasteiger partial charge in [0.1, 0.15) is 0 Å². The highest BCUT2D eigenvalue weighted by Gasteiger charge is 2.23. The molecule has 0 unspecified atom stereocenters. The van der Waals surface area contributed by atoms with Gasteiger partial charge in [0.2, 0.25) is 0 Å². The lowest BCUT2D eigenvalue weighted by molar-refractivity contribution is -0.137. The Morgan fingerprint density at radius 3 is 1.53 bits per heavy atom. The highest BCUT2D eigenvalue weighted by atomic mass is 16.4. The molecule has 0 aliphatic rings. The standard InChI is InChI=1S/C30H53NO3/c1-5-8-9-10-11-12-13-14-15-16-17-18-19-20-21-22-28(32)30-25(6-2)27(23-24-29(33)34)31(4)26(30)7-3/h5-24H2,1-4H3,(H,33,34). The monoisotopic (exact) mass is 475 g/mol. The van der Waals surface area contributed by atoms with Crippen LogP contribution < -0.4 is 0 Å². The predicted octanol–water partition coefficient (Wildman–Crippen LogP) is 8.61. The first-order valence-electron chi connectivity index (χ1n) is 14.4. The molecule has 1 N–H and O–H groups in total. The summed E-state index contributed by atoms with van der Waals surface area (Å²) in [7, 11) is 1.99. The topological polar surface area (TPSA) is 59.3 Å². The van der Waals surface area contributed by atoms with Crippen LogP contribution in [-0.2, 0) is 31.1 Å². The first kappa shape index (κ1) is 30.5. The van der Waals surface area contributed by atoms with Gasteiger partial charge in [-0.05, 0) is 31.2 Å². The normalized spacial score (nSPS) is 11.3. The van der Waals surface area contributed by atoms with Crippen LogP contribution in [0, 0.1) is 0 Å². The highest BCUT2D eigenvalue weighted by Crippen LogP contribution is 2.27. The molecular weight excluding hydrogens is 422 g/mol. The molecule has 0 radical (unpaired) electrons. The van der Waals surface area contributed by atoms with E-state index in [2.05, 4.69) is 25.3 Å². The van der Waals surface area contributed by atoms with Gasteiger partial charge in [-0.1, -0.05) is 111 Å². The summed E-state index contributed by atoms with van der Waals surface area (Å²) in [6.45, 7) is 6.43. The van der Waals surface area contributed by atoms with E-state index in [0.717, 1.165) is 48.2 Å². The lowest BCUT2D eigenvalue weighted by atomic mass is 9.96. The smallest absolute Gasteiger partial charge is 0.303 e. The van der Waals surface area contributed by atoms with E-state index in [1.807, 2.05) is 7.05 Å². The quantitative estimate of drug-likeness (QED) is 0.135. The van der Waals surface area contributed by atoms with Crippen molar-refractivity contribution in [2.24, 2.45) is 7.05 Å². The van der Waals surface area contributed by atoms with Crippen LogP contribution in [0.5, 0.6) is 0 Å². The van der Waals surface area contributed by atoms with E-state index in [1.165, 1.54) is 83.5 Å². The number of unbranched alkanes of at least 4 members (excludes halogenated alkanes) is 14. The number of aromatic nitrogens is 1. The number of hydrogen-bond acceptors (Lipinski definition) is 2. The Hall–Kier alpha value is -1.58. The number of carboxylic acid groups (broad SMARTS) is 1. The second-order valence-electron chi connectivity index (χ2n) is 10.0. The van der Waals surface area contributed by atoms with Gasteiger partial charge >= 0.3 is 5.97 Å². The van der Waals surface area contributed by atoms with Gasteiger partial charge in [-0.25, -0.2) is 0 Å². The van der Waals surface area contributed by atoms with Gasteiger partial charge in [-0.3, -0.25) is 9.59 Å². The maximum absolute atomic E-state index is 13.1. The van der Waals surface area contributed by atoms with Gasteiger partial charge in [-0.15, -0.1) is 0 Å². The highest BCUT2D eigenvalue weighted by molar-refractivity contribution is 5.99. The van der Waals surface area contributed by atoms with Crippen molar-refractivity contribution in [1.29, 1.82) is 0 Å². The number of Topliss-reactive ketones (excluding diaryl/α,β-unsaturated/α-hetero) is 1. The van der Waals surface area contributed by atoms with Crippen LogP contribution in [0.1, 0.15) is 157 Å². The average molecular weight is 476 g/mol. The zero-order valence-electron chi connectivity index (χ0n) is 22.9.